The fourth-order valence-electron chi connectivity index (χ4n) is 1.54. The van der Waals surface area contributed by atoms with Gasteiger partial charge in [0.05, 0.1) is 12.2 Å². The average Bonchev–Trinajstić information content (AvgIpc) is 2.28. The lowest BCUT2D eigenvalue weighted by Crippen LogP contribution is -2.29. The summed E-state index contributed by atoms with van der Waals surface area (Å²) in [5.74, 6) is -6.87. The van der Waals surface area contributed by atoms with E-state index < -0.39 is 23.4 Å². The predicted octanol–water partition coefficient (Wildman–Crippen LogP) is 2.35. The first-order valence-electron chi connectivity index (χ1n) is 5.20. The van der Waals surface area contributed by atoms with E-state index in [0.29, 0.717) is 0 Å². The summed E-state index contributed by atoms with van der Waals surface area (Å²) in [6.07, 6.45) is 0. The van der Waals surface area contributed by atoms with Gasteiger partial charge in [-0.3, -0.25) is 0 Å². The smallest absolute Gasteiger partial charge is 0.381 e. The molecule has 0 spiro atoms. The van der Waals surface area contributed by atoms with E-state index in [1.54, 1.807) is 0 Å². The highest BCUT2D eigenvalue weighted by atomic mass is 19.3. The van der Waals surface area contributed by atoms with Crippen LogP contribution >= 0.6 is 0 Å². The van der Waals surface area contributed by atoms with Crippen molar-refractivity contribution in [2.45, 2.75) is 19.8 Å². The van der Waals surface area contributed by atoms with Gasteiger partial charge in [-0.2, -0.15) is 8.78 Å². The number of carboxylic acid groups (broad SMARTS) is 1. The van der Waals surface area contributed by atoms with Crippen molar-refractivity contribution in [1.82, 2.24) is 0 Å². The molecule has 0 amide bonds. The maximum absolute atomic E-state index is 13.8. The molecule has 1 aromatic rings. The quantitative estimate of drug-likeness (QED) is 0.842. The Labute approximate surface area is 102 Å². The molecule has 18 heavy (non-hydrogen) atoms. The van der Waals surface area contributed by atoms with Gasteiger partial charge < -0.3 is 9.84 Å². The van der Waals surface area contributed by atoms with Gasteiger partial charge in [-0.15, -0.1) is 0 Å². The molecule has 0 aliphatic heterocycles. The van der Waals surface area contributed by atoms with Crippen LogP contribution < -0.4 is 0 Å². The Balaban J connectivity index is 3.29. The van der Waals surface area contributed by atoms with Crippen molar-refractivity contribution < 1.29 is 28.2 Å². The Kier molecular flexibility index (Phi) is 4.00. The fourth-order valence-corrected chi connectivity index (χ4v) is 1.54. The summed E-state index contributed by atoms with van der Waals surface area (Å²) in [4.78, 5) is 22.0. The van der Waals surface area contributed by atoms with Gasteiger partial charge in [0.15, 0.2) is 0 Å². The Hall–Kier alpha value is -1.98. The van der Waals surface area contributed by atoms with Crippen molar-refractivity contribution in [3.63, 3.8) is 0 Å². The second kappa shape index (κ2) is 5.12. The highest BCUT2D eigenvalue weighted by Gasteiger charge is 2.44. The Bertz CT molecular complexity index is 483. The zero-order valence-corrected chi connectivity index (χ0v) is 9.87. The van der Waals surface area contributed by atoms with Crippen LogP contribution in [0.1, 0.15) is 28.4 Å². The molecule has 6 heteroatoms. The number of ether oxygens (including phenoxy) is 1. The first-order chi connectivity index (χ1) is 8.32. The van der Waals surface area contributed by atoms with Crippen molar-refractivity contribution in [2.75, 3.05) is 6.61 Å². The van der Waals surface area contributed by atoms with Gasteiger partial charge in [0, 0.05) is 5.56 Å². The SMILES string of the molecule is CCOC(=O)C(F)(F)c1cccc(C(=O)O)c1C. The maximum atomic E-state index is 13.8. The summed E-state index contributed by atoms with van der Waals surface area (Å²) >= 11 is 0. The van der Waals surface area contributed by atoms with E-state index in [1.807, 2.05) is 0 Å². The third kappa shape index (κ3) is 2.47. The molecule has 4 nitrogen and oxygen atoms in total. The van der Waals surface area contributed by atoms with E-state index >= 15 is 0 Å². The van der Waals surface area contributed by atoms with E-state index in [2.05, 4.69) is 4.74 Å². The average molecular weight is 258 g/mol. The second-order valence-corrected chi connectivity index (χ2v) is 3.58. The Morgan fingerprint density at radius 2 is 2.00 bits per heavy atom. The van der Waals surface area contributed by atoms with Gasteiger partial charge in [0.25, 0.3) is 0 Å². The van der Waals surface area contributed by atoms with E-state index in [-0.39, 0.29) is 17.7 Å². The lowest BCUT2D eigenvalue weighted by atomic mass is 9.97. The molecule has 0 atom stereocenters. The molecule has 0 bridgehead atoms. The summed E-state index contributed by atoms with van der Waals surface area (Å²) in [6, 6.07) is 3.38. The minimum absolute atomic E-state index is 0.150. The number of carboxylic acids is 1. The van der Waals surface area contributed by atoms with Crippen LogP contribution in [0.5, 0.6) is 0 Å². The van der Waals surface area contributed by atoms with Gasteiger partial charge in [-0.1, -0.05) is 12.1 Å². The van der Waals surface area contributed by atoms with Crippen LogP contribution in [-0.2, 0) is 15.5 Å². The summed E-state index contributed by atoms with van der Waals surface area (Å²) in [5, 5.41) is 8.84. The normalized spacial score (nSPS) is 11.1. The van der Waals surface area contributed by atoms with Crippen molar-refractivity contribution >= 4 is 11.9 Å². The molecule has 0 heterocycles. The number of rotatable bonds is 4. The molecule has 0 unspecified atom stereocenters. The Morgan fingerprint density at radius 1 is 1.39 bits per heavy atom. The molecule has 98 valence electrons. The number of carbonyl (C=O) groups excluding carboxylic acids is 1. The zero-order chi connectivity index (χ0) is 13.9. The van der Waals surface area contributed by atoms with E-state index in [1.165, 1.54) is 26.0 Å². The van der Waals surface area contributed by atoms with Crippen LogP contribution in [0.3, 0.4) is 0 Å². The van der Waals surface area contributed by atoms with E-state index in [4.69, 9.17) is 5.11 Å². The number of hydrogen-bond acceptors (Lipinski definition) is 3. The number of hydrogen-bond donors (Lipinski definition) is 1. The highest BCUT2D eigenvalue weighted by molar-refractivity contribution is 5.90. The number of esters is 1. The van der Waals surface area contributed by atoms with Crippen LogP contribution in [0, 0.1) is 6.92 Å². The maximum Gasteiger partial charge on any atom is 0.381 e. The van der Waals surface area contributed by atoms with Gasteiger partial charge in [-0.25, -0.2) is 9.59 Å². The third-order valence-electron chi connectivity index (χ3n) is 2.43. The van der Waals surface area contributed by atoms with Gasteiger partial charge in [-0.05, 0) is 25.5 Å². The molecule has 0 saturated heterocycles. The zero-order valence-electron chi connectivity index (χ0n) is 9.87. The predicted molar refractivity (Wildman–Crippen MR) is 58.7 cm³/mol. The molecule has 0 saturated carbocycles. The minimum atomic E-state index is -3.86. The molecule has 1 rings (SSSR count). The first kappa shape index (κ1) is 14.1. The van der Waals surface area contributed by atoms with Crippen LogP contribution in [0.25, 0.3) is 0 Å². The molecular weight excluding hydrogens is 246 g/mol. The summed E-state index contributed by atoms with van der Waals surface area (Å²) in [6.45, 7) is 2.46. The number of benzene rings is 1. The fraction of sp³-hybridized carbons (Fsp3) is 0.333. The van der Waals surface area contributed by atoms with Crippen molar-refractivity contribution in [3.8, 4) is 0 Å². The van der Waals surface area contributed by atoms with Crippen molar-refractivity contribution in [1.29, 1.82) is 0 Å². The van der Waals surface area contributed by atoms with E-state index in [9.17, 15) is 18.4 Å². The van der Waals surface area contributed by atoms with Crippen LogP contribution in [0.2, 0.25) is 0 Å². The standard InChI is InChI=1S/C12H12F2O4/c1-3-18-11(17)12(13,14)9-6-4-5-8(7(9)2)10(15)16/h4-6H,3H2,1-2H3,(H,15,16). The first-order valence-corrected chi connectivity index (χ1v) is 5.20. The molecule has 1 aromatic carbocycles. The van der Waals surface area contributed by atoms with Gasteiger partial charge in [0.1, 0.15) is 0 Å². The molecule has 0 radical (unpaired) electrons. The third-order valence-corrected chi connectivity index (χ3v) is 2.43. The topological polar surface area (TPSA) is 63.6 Å². The molecule has 0 aliphatic rings. The monoisotopic (exact) mass is 258 g/mol. The summed E-state index contributed by atoms with van der Waals surface area (Å²) in [7, 11) is 0. The molecule has 1 N–H and O–H groups in total. The van der Waals surface area contributed by atoms with Crippen molar-refractivity contribution in [2.24, 2.45) is 0 Å². The number of aromatic carboxylic acids is 1. The largest absolute Gasteiger partial charge is 0.478 e. The second-order valence-electron chi connectivity index (χ2n) is 3.58. The Morgan fingerprint density at radius 3 is 2.50 bits per heavy atom. The summed E-state index contributed by atoms with van der Waals surface area (Å²) in [5.41, 5.74) is -1.07. The number of carbonyl (C=O) groups is 2. The lowest BCUT2D eigenvalue weighted by Gasteiger charge is -2.17. The number of alkyl halides is 2. The highest BCUT2D eigenvalue weighted by Crippen LogP contribution is 2.33. The summed E-state index contributed by atoms with van der Waals surface area (Å²) < 4.78 is 31.8. The minimum Gasteiger partial charge on any atom is -0.478 e. The molecule has 0 aromatic heterocycles. The van der Waals surface area contributed by atoms with Crippen LogP contribution in [-0.4, -0.2) is 23.7 Å². The number of halogens is 2. The van der Waals surface area contributed by atoms with Crippen molar-refractivity contribution in [3.05, 3.63) is 34.9 Å². The molecule has 0 fully saturated rings. The van der Waals surface area contributed by atoms with Gasteiger partial charge in [0.2, 0.25) is 0 Å². The van der Waals surface area contributed by atoms with Gasteiger partial charge >= 0.3 is 17.9 Å². The molecular formula is C12H12F2O4. The molecule has 0 aliphatic carbocycles. The van der Waals surface area contributed by atoms with Crippen LogP contribution in [0.4, 0.5) is 8.78 Å². The van der Waals surface area contributed by atoms with E-state index in [0.717, 1.165) is 6.07 Å². The lowest BCUT2D eigenvalue weighted by molar-refractivity contribution is -0.173. The van der Waals surface area contributed by atoms with Crippen LogP contribution in [0.15, 0.2) is 18.2 Å².